The lowest BCUT2D eigenvalue weighted by Gasteiger charge is -2.27. The molecular formula is C19H18ClNO3. The van der Waals surface area contributed by atoms with Gasteiger partial charge in [-0.3, -0.25) is 0 Å². The fraction of sp³-hybridized carbons (Fsp3) is 0.211. The molecule has 0 amide bonds. The third-order valence-corrected chi connectivity index (χ3v) is 4.24. The van der Waals surface area contributed by atoms with Crippen LogP contribution in [0.2, 0.25) is 5.02 Å². The Morgan fingerprint density at radius 1 is 1.17 bits per heavy atom. The van der Waals surface area contributed by atoms with Crippen molar-refractivity contribution < 1.29 is 14.6 Å². The smallest absolute Gasteiger partial charge is 0.336 e. The predicted octanol–water partition coefficient (Wildman–Crippen LogP) is 3.36. The number of carbonyl (C=O) groups excluding carboxylic acids is 1. The fourth-order valence-electron chi connectivity index (χ4n) is 2.72. The molecule has 0 aliphatic carbocycles. The summed E-state index contributed by atoms with van der Waals surface area (Å²) in [6.45, 7) is 0.215. The first-order valence-electron chi connectivity index (χ1n) is 7.74. The summed E-state index contributed by atoms with van der Waals surface area (Å²) < 4.78 is 5.42. The predicted molar refractivity (Wildman–Crippen MR) is 92.3 cm³/mol. The number of aliphatic hydroxyl groups is 1. The van der Waals surface area contributed by atoms with Gasteiger partial charge in [0.05, 0.1) is 5.57 Å². The molecule has 1 heterocycles. The second-order valence-electron chi connectivity index (χ2n) is 5.68. The second-order valence-corrected chi connectivity index (χ2v) is 6.12. The van der Waals surface area contributed by atoms with Crippen LogP contribution in [0.15, 0.2) is 66.4 Å². The van der Waals surface area contributed by atoms with Crippen molar-refractivity contribution in [2.45, 2.75) is 25.2 Å². The van der Waals surface area contributed by atoms with Gasteiger partial charge in [0.1, 0.15) is 12.8 Å². The van der Waals surface area contributed by atoms with E-state index in [0.717, 1.165) is 11.1 Å². The zero-order chi connectivity index (χ0) is 16.9. The number of halogens is 1. The van der Waals surface area contributed by atoms with Crippen molar-refractivity contribution in [3.05, 3.63) is 82.5 Å². The Labute approximate surface area is 145 Å². The summed E-state index contributed by atoms with van der Waals surface area (Å²) >= 11 is 5.93. The van der Waals surface area contributed by atoms with Crippen molar-refractivity contribution >= 4 is 17.6 Å². The Bertz CT molecular complexity index is 728. The Morgan fingerprint density at radius 3 is 2.58 bits per heavy atom. The van der Waals surface area contributed by atoms with Crippen molar-refractivity contribution in [1.82, 2.24) is 5.32 Å². The molecular weight excluding hydrogens is 326 g/mol. The highest BCUT2D eigenvalue weighted by Gasteiger charge is 2.29. The highest BCUT2D eigenvalue weighted by Crippen LogP contribution is 2.32. The number of rotatable bonds is 4. The van der Waals surface area contributed by atoms with E-state index in [0.29, 0.717) is 17.0 Å². The summed E-state index contributed by atoms with van der Waals surface area (Å²) in [6.07, 6.45) is 1.24. The van der Waals surface area contributed by atoms with Crippen LogP contribution in [0.1, 0.15) is 23.5 Å². The molecule has 1 aliphatic heterocycles. The number of carbonyl (C=O) groups is 1. The third kappa shape index (κ3) is 3.96. The molecule has 0 fully saturated rings. The van der Waals surface area contributed by atoms with Crippen LogP contribution < -0.4 is 5.32 Å². The Hall–Kier alpha value is -2.30. The number of benzene rings is 2. The van der Waals surface area contributed by atoms with Gasteiger partial charge in [-0.15, -0.1) is 0 Å². The molecule has 2 N–H and O–H groups in total. The normalized spacial score (nSPS) is 20.0. The molecule has 24 heavy (non-hydrogen) atoms. The fourth-order valence-corrected chi connectivity index (χ4v) is 2.85. The molecule has 0 bridgehead atoms. The maximum Gasteiger partial charge on any atom is 0.336 e. The van der Waals surface area contributed by atoms with E-state index in [1.165, 1.54) is 0 Å². The first-order valence-corrected chi connectivity index (χ1v) is 8.12. The van der Waals surface area contributed by atoms with E-state index in [2.05, 4.69) is 5.32 Å². The summed E-state index contributed by atoms with van der Waals surface area (Å²) in [5.41, 5.74) is 2.35. The van der Waals surface area contributed by atoms with Crippen LogP contribution in [0, 0.1) is 0 Å². The van der Waals surface area contributed by atoms with Gasteiger partial charge in [0, 0.05) is 23.6 Å². The Kier molecular flexibility index (Phi) is 5.18. The van der Waals surface area contributed by atoms with Gasteiger partial charge in [0.25, 0.3) is 0 Å². The van der Waals surface area contributed by atoms with Gasteiger partial charge in [-0.2, -0.15) is 0 Å². The summed E-state index contributed by atoms with van der Waals surface area (Å²) in [7, 11) is 0. The molecule has 5 heteroatoms. The van der Waals surface area contributed by atoms with Crippen LogP contribution in [0.3, 0.4) is 0 Å². The van der Waals surface area contributed by atoms with Crippen LogP contribution in [0.5, 0.6) is 0 Å². The standard InChI is InChI=1S/C19H18ClNO3/c20-15-8-6-14(7-9-15)16-10-18(22)21-11-17(16)19(23)24-12-13-4-2-1-3-5-13/h1-9,11,16,18,21-22H,10,12H2. The minimum Gasteiger partial charge on any atom is -0.457 e. The van der Waals surface area contributed by atoms with Crippen molar-refractivity contribution in [3.8, 4) is 0 Å². The summed E-state index contributed by atoms with van der Waals surface area (Å²) in [6, 6.07) is 16.8. The topological polar surface area (TPSA) is 58.6 Å². The van der Waals surface area contributed by atoms with E-state index in [1.807, 2.05) is 42.5 Å². The lowest BCUT2D eigenvalue weighted by atomic mass is 9.86. The number of aliphatic hydroxyl groups excluding tert-OH is 1. The third-order valence-electron chi connectivity index (χ3n) is 3.99. The maximum absolute atomic E-state index is 12.5. The first-order chi connectivity index (χ1) is 11.6. The summed E-state index contributed by atoms with van der Waals surface area (Å²) in [5, 5.41) is 13.3. The lowest BCUT2D eigenvalue weighted by Crippen LogP contribution is -2.34. The van der Waals surface area contributed by atoms with Gasteiger partial charge in [-0.25, -0.2) is 4.79 Å². The quantitative estimate of drug-likeness (QED) is 0.836. The van der Waals surface area contributed by atoms with Gasteiger partial charge in [-0.1, -0.05) is 54.1 Å². The largest absolute Gasteiger partial charge is 0.457 e. The average Bonchev–Trinajstić information content (AvgIpc) is 2.61. The Morgan fingerprint density at radius 2 is 1.88 bits per heavy atom. The SMILES string of the molecule is O=C(OCc1ccccc1)C1=CNC(O)CC1c1ccc(Cl)cc1. The van der Waals surface area contributed by atoms with Crippen LogP contribution in [0.4, 0.5) is 0 Å². The molecule has 0 spiro atoms. The highest BCUT2D eigenvalue weighted by molar-refractivity contribution is 6.30. The van der Waals surface area contributed by atoms with Crippen LogP contribution in [0.25, 0.3) is 0 Å². The second kappa shape index (κ2) is 7.51. The van der Waals surface area contributed by atoms with Crippen molar-refractivity contribution in [3.63, 3.8) is 0 Å². The van der Waals surface area contributed by atoms with Gasteiger partial charge >= 0.3 is 5.97 Å². The summed E-state index contributed by atoms with van der Waals surface area (Å²) in [5.74, 6) is -0.625. The molecule has 0 saturated heterocycles. The number of hydrogen-bond acceptors (Lipinski definition) is 4. The molecule has 2 aromatic carbocycles. The van der Waals surface area contributed by atoms with E-state index in [9.17, 15) is 9.90 Å². The average molecular weight is 344 g/mol. The zero-order valence-electron chi connectivity index (χ0n) is 13.0. The van der Waals surface area contributed by atoms with Crippen LogP contribution in [-0.4, -0.2) is 17.3 Å². The number of ether oxygens (including phenoxy) is 1. The Balaban J connectivity index is 1.75. The molecule has 2 atom stereocenters. The summed E-state index contributed by atoms with van der Waals surface area (Å²) in [4.78, 5) is 12.5. The molecule has 3 rings (SSSR count). The maximum atomic E-state index is 12.5. The van der Waals surface area contributed by atoms with Gasteiger partial charge in [0.2, 0.25) is 0 Å². The van der Waals surface area contributed by atoms with Gasteiger partial charge < -0.3 is 15.2 Å². The number of esters is 1. The van der Waals surface area contributed by atoms with Crippen LogP contribution in [-0.2, 0) is 16.1 Å². The number of nitrogens with one attached hydrogen (secondary N) is 1. The minimum atomic E-state index is -0.698. The van der Waals surface area contributed by atoms with Crippen molar-refractivity contribution in [1.29, 1.82) is 0 Å². The van der Waals surface area contributed by atoms with Crippen molar-refractivity contribution in [2.24, 2.45) is 0 Å². The highest BCUT2D eigenvalue weighted by atomic mass is 35.5. The molecule has 1 aliphatic rings. The molecule has 0 aromatic heterocycles. The van der Waals surface area contributed by atoms with E-state index in [4.69, 9.17) is 16.3 Å². The van der Waals surface area contributed by atoms with Gasteiger partial charge in [-0.05, 0) is 23.3 Å². The monoisotopic (exact) mass is 343 g/mol. The van der Waals surface area contributed by atoms with Gasteiger partial charge in [0.15, 0.2) is 0 Å². The van der Waals surface area contributed by atoms with E-state index >= 15 is 0 Å². The first kappa shape index (κ1) is 16.6. The van der Waals surface area contributed by atoms with Crippen molar-refractivity contribution in [2.75, 3.05) is 0 Å². The van der Waals surface area contributed by atoms with E-state index in [1.54, 1.807) is 18.3 Å². The number of hydrogen-bond donors (Lipinski definition) is 2. The zero-order valence-corrected chi connectivity index (χ0v) is 13.7. The molecule has 2 unspecified atom stereocenters. The minimum absolute atomic E-state index is 0.215. The van der Waals surface area contributed by atoms with E-state index < -0.39 is 12.2 Å². The molecule has 0 saturated carbocycles. The molecule has 124 valence electrons. The van der Waals surface area contributed by atoms with E-state index in [-0.39, 0.29) is 12.5 Å². The molecule has 0 radical (unpaired) electrons. The molecule has 4 nitrogen and oxygen atoms in total. The molecule has 2 aromatic rings. The lowest BCUT2D eigenvalue weighted by molar-refractivity contribution is -0.140. The van der Waals surface area contributed by atoms with Crippen LogP contribution >= 0.6 is 11.6 Å².